The van der Waals surface area contributed by atoms with Crippen LogP contribution in [0.2, 0.25) is 0 Å². The van der Waals surface area contributed by atoms with Crippen LogP contribution in [0.15, 0.2) is 93.9 Å². The van der Waals surface area contributed by atoms with Crippen molar-refractivity contribution in [2.24, 2.45) is 0 Å². The fourth-order valence-corrected chi connectivity index (χ4v) is 4.07. The van der Waals surface area contributed by atoms with Gasteiger partial charge in [0.25, 0.3) is 11.8 Å². The molecule has 0 bridgehead atoms. The molecule has 2 N–H and O–H groups in total. The van der Waals surface area contributed by atoms with Crippen molar-refractivity contribution in [2.45, 2.75) is 0 Å². The third kappa shape index (κ3) is 5.95. The van der Waals surface area contributed by atoms with E-state index in [0.29, 0.717) is 34.0 Å². The molecule has 0 saturated carbocycles. The summed E-state index contributed by atoms with van der Waals surface area (Å²) in [7, 11) is 3.10. The van der Waals surface area contributed by atoms with E-state index < -0.39 is 0 Å². The van der Waals surface area contributed by atoms with Crippen LogP contribution in [0, 0.1) is 0 Å². The normalized spacial score (nSPS) is 10.4. The molecule has 182 valence electrons. The third-order valence-electron chi connectivity index (χ3n) is 5.45. The molecule has 0 aromatic heterocycles. The molecule has 0 fully saturated rings. The fraction of sp³-hybridized carbons (Fsp3) is 0.0714. The Labute approximate surface area is 225 Å². The largest absolute Gasteiger partial charge is 0.495 e. The summed E-state index contributed by atoms with van der Waals surface area (Å²) in [6.45, 7) is 0. The number of anilines is 2. The quantitative estimate of drug-likeness (QED) is 0.229. The van der Waals surface area contributed by atoms with Gasteiger partial charge in [-0.25, -0.2) is 0 Å². The van der Waals surface area contributed by atoms with Crippen molar-refractivity contribution in [3.05, 3.63) is 105 Å². The first-order valence-corrected chi connectivity index (χ1v) is 12.5. The minimum absolute atomic E-state index is 0.235. The molecule has 0 aliphatic carbocycles. The highest BCUT2D eigenvalue weighted by atomic mass is 79.9. The maximum absolute atomic E-state index is 12.6. The van der Waals surface area contributed by atoms with Crippen LogP contribution in [0.1, 0.15) is 20.7 Å². The number of carbonyl (C=O) groups excluding carboxylic acids is 2. The molecule has 0 radical (unpaired) electrons. The summed E-state index contributed by atoms with van der Waals surface area (Å²) in [5, 5.41) is 5.79. The van der Waals surface area contributed by atoms with Gasteiger partial charge in [0.2, 0.25) is 0 Å². The minimum Gasteiger partial charge on any atom is -0.495 e. The van der Waals surface area contributed by atoms with E-state index in [0.717, 1.165) is 20.1 Å². The molecule has 4 aromatic carbocycles. The van der Waals surface area contributed by atoms with E-state index in [1.807, 2.05) is 48.5 Å². The van der Waals surface area contributed by atoms with Crippen molar-refractivity contribution in [1.82, 2.24) is 0 Å². The molecule has 4 rings (SSSR count). The lowest BCUT2D eigenvalue weighted by atomic mass is 10.0. The molecule has 36 heavy (non-hydrogen) atoms. The van der Waals surface area contributed by atoms with Gasteiger partial charge < -0.3 is 20.1 Å². The smallest absolute Gasteiger partial charge is 0.255 e. The lowest BCUT2D eigenvalue weighted by Gasteiger charge is -2.15. The van der Waals surface area contributed by atoms with Gasteiger partial charge in [0.05, 0.1) is 25.6 Å². The Morgan fingerprint density at radius 1 is 0.583 bits per heavy atom. The van der Waals surface area contributed by atoms with Crippen molar-refractivity contribution in [3.63, 3.8) is 0 Å². The van der Waals surface area contributed by atoms with Crippen molar-refractivity contribution in [3.8, 4) is 22.6 Å². The van der Waals surface area contributed by atoms with Crippen LogP contribution in [0.3, 0.4) is 0 Å². The van der Waals surface area contributed by atoms with Gasteiger partial charge in [-0.15, -0.1) is 0 Å². The SMILES string of the molecule is COc1cc(-c2ccc(NC(=O)c3ccc(Br)cc3)c(OC)c2)ccc1NC(=O)c1ccc(Br)cc1. The predicted molar refractivity (Wildman–Crippen MR) is 149 cm³/mol. The summed E-state index contributed by atoms with van der Waals surface area (Å²) in [5.41, 5.74) is 3.90. The standard InChI is InChI=1S/C28H22Br2N2O4/c1-35-25-15-19(7-13-23(25)31-27(33)17-3-9-21(29)10-4-17)20-8-14-24(26(16-20)36-2)32-28(34)18-5-11-22(30)12-6-18/h3-16H,1-2H3,(H,31,33)(H,32,34). The Hall–Kier alpha value is -3.62. The summed E-state index contributed by atoms with van der Waals surface area (Å²) in [6.07, 6.45) is 0. The maximum Gasteiger partial charge on any atom is 0.255 e. The first-order chi connectivity index (χ1) is 17.4. The zero-order valence-electron chi connectivity index (χ0n) is 19.5. The van der Waals surface area contributed by atoms with Gasteiger partial charge >= 0.3 is 0 Å². The third-order valence-corrected chi connectivity index (χ3v) is 6.50. The Kier molecular flexibility index (Phi) is 8.07. The van der Waals surface area contributed by atoms with Crippen LogP contribution in [0.4, 0.5) is 11.4 Å². The summed E-state index contributed by atoms with van der Waals surface area (Å²) in [6, 6.07) is 25.2. The number of hydrogen-bond donors (Lipinski definition) is 2. The van der Waals surface area contributed by atoms with Gasteiger partial charge in [0.1, 0.15) is 11.5 Å². The number of hydrogen-bond acceptors (Lipinski definition) is 4. The highest BCUT2D eigenvalue weighted by Gasteiger charge is 2.14. The van der Waals surface area contributed by atoms with Crippen molar-refractivity contribution in [2.75, 3.05) is 24.9 Å². The molecule has 0 atom stereocenters. The van der Waals surface area contributed by atoms with Crippen LogP contribution in [0.5, 0.6) is 11.5 Å². The monoisotopic (exact) mass is 608 g/mol. The molecule has 4 aromatic rings. The average Bonchev–Trinajstić information content (AvgIpc) is 2.89. The molecule has 2 amide bonds. The van der Waals surface area contributed by atoms with Crippen molar-refractivity contribution >= 4 is 55.0 Å². The molecule has 0 saturated heterocycles. The number of benzene rings is 4. The Balaban J connectivity index is 1.55. The van der Waals surface area contributed by atoms with Gasteiger partial charge in [-0.3, -0.25) is 9.59 Å². The molecule has 6 nitrogen and oxygen atoms in total. The van der Waals surface area contributed by atoms with Crippen LogP contribution < -0.4 is 20.1 Å². The number of nitrogens with one attached hydrogen (secondary N) is 2. The number of ether oxygens (including phenoxy) is 2. The van der Waals surface area contributed by atoms with Crippen molar-refractivity contribution in [1.29, 1.82) is 0 Å². The first kappa shape index (κ1) is 25.5. The van der Waals surface area contributed by atoms with E-state index in [-0.39, 0.29) is 11.8 Å². The fourth-order valence-electron chi connectivity index (χ4n) is 3.54. The molecule has 8 heteroatoms. The van der Waals surface area contributed by atoms with E-state index >= 15 is 0 Å². The van der Waals surface area contributed by atoms with Gasteiger partial charge in [0, 0.05) is 20.1 Å². The summed E-state index contributed by atoms with van der Waals surface area (Å²) in [4.78, 5) is 25.3. The Morgan fingerprint density at radius 2 is 0.944 bits per heavy atom. The van der Waals surface area contributed by atoms with Crippen LogP contribution in [-0.4, -0.2) is 26.0 Å². The summed E-state index contributed by atoms with van der Waals surface area (Å²) >= 11 is 6.74. The molecule has 0 heterocycles. The average molecular weight is 610 g/mol. The first-order valence-electron chi connectivity index (χ1n) is 10.9. The van der Waals surface area contributed by atoms with Crippen molar-refractivity contribution < 1.29 is 19.1 Å². The lowest BCUT2D eigenvalue weighted by Crippen LogP contribution is -2.12. The number of carbonyl (C=O) groups is 2. The highest BCUT2D eigenvalue weighted by Crippen LogP contribution is 2.35. The molecular weight excluding hydrogens is 588 g/mol. The summed E-state index contributed by atoms with van der Waals surface area (Å²) in [5.74, 6) is 0.566. The highest BCUT2D eigenvalue weighted by molar-refractivity contribution is 9.10. The van der Waals surface area contributed by atoms with Gasteiger partial charge in [0.15, 0.2) is 0 Å². The molecule has 0 aliphatic rings. The van der Waals surface area contributed by atoms with Crippen LogP contribution in [-0.2, 0) is 0 Å². The predicted octanol–water partition coefficient (Wildman–Crippen LogP) is 7.40. The second-order valence-corrected chi connectivity index (χ2v) is 9.58. The molecule has 0 aliphatic heterocycles. The Morgan fingerprint density at radius 3 is 1.28 bits per heavy atom. The van der Waals surface area contributed by atoms with Gasteiger partial charge in [-0.1, -0.05) is 44.0 Å². The van der Waals surface area contributed by atoms with Gasteiger partial charge in [-0.05, 0) is 83.9 Å². The van der Waals surface area contributed by atoms with E-state index in [1.165, 1.54) is 0 Å². The van der Waals surface area contributed by atoms with E-state index in [9.17, 15) is 9.59 Å². The van der Waals surface area contributed by atoms with E-state index in [4.69, 9.17) is 9.47 Å². The number of rotatable bonds is 7. The zero-order chi connectivity index (χ0) is 25.7. The number of methoxy groups -OCH3 is 2. The second kappa shape index (κ2) is 11.4. The van der Waals surface area contributed by atoms with Crippen LogP contribution in [0.25, 0.3) is 11.1 Å². The van der Waals surface area contributed by atoms with Crippen LogP contribution >= 0.6 is 31.9 Å². The minimum atomic E-state index is -0.235. The molecule has 0 unspecified atom stereocenters. The Bertz CT molecular complexity index is 1300. The second-order valence-electron chi connectivity index (χ2n) is 7.75. The number of halogens is 2. The molecular formula is C28H22Br2N2O4. The number of amides is 2. The topological polar surface area (TPSA) is 76.7 Å². The van der Waals surface area contributed by atoms with E-state index in [1.54, 1.807) is 50.6 Å². The zero-order valence-corrected chi connectivity index (χ0v) is 22.6. The van der Waals surface area contributed by atoms with E-state index in [2.05, 4.69) is 42.5 Å². The lowest BCUT2D eigenvalue weighted by molar-refractivity contribution is 0.101. The summed E-state index contributed by atoms with van der Waals surface area (Å²) < 4.78 is 12.9. The molecule has 0 spiro atoms. The van der Waals surface area contributed by atoms with Gasteiger partial charge in [-0.2, -0.15) is 0 Å². The maximum atomic E-state index is 12.6.